The summed E-state index contributed by atoms with van der Waals surface area (Å²) in [6.07, 6.45) is 0. The first-order chi connectivity index (χ1) is 7.99. The number of hydrogen-bond donors (Lipinski definition) is 1. The van der Waals surface area contributed by atoms with Crippen LogP contribution in [0.15, 0.2) is 18.2 Å². The second-order valence-corrected chi connectivity index (χ2v) is 5.14. The third-order valence-electron chi connectivity index (χ3n) is 2.90. The number of benzene rings is 1. The summed E-state index contributed by atoms with van der Waals surface area (Å²) >= 11 is 1.35. The van der Waals surface area contributed by atoms with Crippen LogP contribution in [0.1, 0.15) is 24.8 Å². The third kappa shape index (κ3) is 2.29. The highest BCUT2D eigenvalue weighted by Crippen LogP contribution is 2.31. The topological polar surface area (TPSA) is 50.2 Å². The summed E-state index contributed by atoms with van der Waals surface area (Å²) in [5.41, 5.74) is 0.718. The number of carbonyl (C=O) groups is 1. The fourth-order valence-corrected chi connectivity index (χ4v) is 2.69. The van der Waals surface area contributed by atoms with E-state index in [2.05, 4.69) is 4.98 Å². The Hall–Kier alpha value is -1.49. The van der Waals surface area contributed by atoms with Gasteiger partial charge in [-0.3, -0.25) is 4.79 Å². The first kappa shape index (κ1) is 12.0. The molecule has 0 saturated heterocycles. The van der Waals surface area contributed by atoms with E-state index in [1.165, 1.54) is 23.5 Å². The van der Waals surface area contributed by atoms with E-state index in [4.69, 9.17) is 5.11 Å². The van der Waals surface area contributed by atoms with Crippen molar-refractivity contribution in [1.29, 1.82) is 0 Å². The summed E-state index contributed by atoms with van der Waals surface area (Å²) in [4.78, 5) is 15.2. The van der Waals surface area contributed by atoms with Gasteiger partial charge < -0.3 is 5.11 Å². The molecule has 2 rings (SSSR count). The van der Waals surface area contributed by atoms with E-state index in [0.717, 1.165) is 15.2 Å². The molecule has 0 radical (unpaired) electrons. The van der Waals surface area contributed by atoms with Crippen molar-refractivity contribution in [3.8, 4) is 0 Å². The maximum Gasteiger partial charge on any atom is 0.306 e. The summed E-state index contributed by atoms with van der Waals surface area (Å²) in [6.45, 7) is 3.48. The highest BCUT2D eigenvalue weighted by atomic mass is 32.1. The lowest BCUT2D eigenvalue weighted by Gasteiger charge is -2.12. The number of carboxylic acid groups (broad SMARTS) is 1. The Labute approximate surface area is 102 Å². The molecular weight excluding hydrogens is 241 g/mol. The molecule has 2 atom stereocenters. The molecule has 2 aromatic rings. The number of carboxylic acids is 1. The van der Waals surface area contributed by atoms with Crippen LogP contribution in [0.5, 0.6) is 0 Å². The summed E-state index contributed by atoms with van der Waals surface area (Å²) < 4.78 is 13.8. The summed E-state index contributed by atoms with van der Waals surface area (Å²) in [5, 5.41) is 9.69. The number of aliphatic carboxylic acids is 1. The smallest absolute Gasteiger partial charge is 0.306 e. The number of thiazole rings is 1. The molecule has 0 aliphatic rings. The van der Waals surface area contributed by atoms with Crippen molar-refractivity contribution in [2.24, 2.45) is 5.92 Å². The number of rotatable bonds is 3. The molecule has 90 valence electrons. The Bertz CT molecular complexity index is 567. The fraction of sp³-hybridized carbons (Fsp3) is 0.333. The zero-order valence-corrected chi connectivity index (χ0v) is 10.3. The van der Waals surface area contributed by atoms with Gasteiger partial charge in [-0.15, -0.1) is 11.3 Å². The Kier molecular flexibility index (Phi) is 3.11. The highest BCUT2D eigenvalue weighted by molar-refractivity contribution is 7.18. The largest absolute Gasteiger partial charge is 0.481 e. The van der Waals surface area contributed by atoms with E-state index in [0.29, 0.717) is 0 Å². The molecule has 2 unspecified atom stereocenters. The van der Waals surface area contributed by atoms with Gasteiger partial charge in [0.2, 0.25) is 0 Å². The van der Waals surface area contributed by atoms with E-state index in [1.807, 2.05) is 6.92 Å². The van der Waals surface area contributed by atoms with Gasteiger partial charge >= 0.3 is 5.97 Å². The SMILES string of the molecule is CC(C(=O)O)C(C)c1nc2ccc(F)cc2s1. The number of hydrogen-bond acceptors (Lipinski definition) is 3. The van der Waals surface area contributed by atoms with Crippen LogP contribution in [0, 0.1) is 11.7 Å². The van der Waals surface area contributed by atoms with Gasteiger partial charge in [-0.25, -0.2) is 9.37 Å². The van der Waals surface area contributed by atoms with E-state index in [-0.39, 0.29) is 11.7 Å². The Morgan fingerprint density at radius 3 is 2.82 bits per heavy atom. The second-order valence-electron chi connectivity index (χ2n) is 4.08. The molecule has 0 fully saturated rings. The van der Waals surface area contributed by atoms with Gasteiger partial charge in [0.15, 0.2) is 0 Å². The van der Waals surface area contributed by atoms with Gasteiger partial charge in [-0.2, -0.15) is 0 Å². The van der Waals surface area contributed by atoms with Crippen molar-refractivity contribution in [3.05, 3.63) is 29.0 Å². The molecule has 0 amide bonds. The quantitative estimate of drug-likeness (QED) is 0.913. The van der Waals surface area contributed by atoms with E-state index >= 15 is 0 Å². The van der Waals surface area contributed by atoms with E-state index < -0.39 is 11.9 Å². The highest BCUT2D eigenvalue weighted by Gasteiger charge is 2.23. The van der Waals surface area contributed by atoms with Crippen molar-refractivity contribution in [3.63, 3.8) is 0 Å². The minimum atomic E-state index is -0.845. The van der Waals surface area contributed by atoms with Crippen LogP contribution in [-0.2, 0) is 4.79 Å². The van der Waals surface area contributed by atoms with E-state index in [9.17, 15) is 9.18 Å². The lowest BCUT2D eigenvalue weighted by atomic mass is 9.97. The molecule has 0 saturated carbocycles. The van der Waals surface area contributed by atoms with Crippen molar-refractivity contribution >= 4 is 27.5 Å². The van der Waals surface area contributed by atoms with Crippen LogP contribution >= 0.6 is 11.3 Å². The minimum Gasteiger partial charge on any atom is -0.481 e. The number of aromatic nitrogens is 1. The molecule has 0 spiro atoms. The molecule has 3 nitrogen and oxygen atoms in total. The maximum atomic E-state index is 13.0. The predicted molar refractivity (Wildman–Crippen MR) is 64.8 cm³/mol. The number of halogens is 1. The van der Waals surface area contributed by atoms with Crippen molar-refractivity contribution in [2.45, 2.75) is 19.8 Å². The molecule has 0 aliphatic carbocycles. The Balaban J connectivity index is 2.39. The molecule has 5 heteroatoms. The monoisotopic (exact) mass is 253 g/mol. The zero-order valence-electron chi connectivity index (χ0n) is 9.48. The van der Waals surface area contributed by atoms with Crippen LogP contribution in [0.4, 0.5) is 4.39 Å². The average molecular weight is 253 g/mol. The van der Waals surface area contributed by atoms with Gasteiger partial charge in [0.05, 0.1) is 21.1 Å². The molecule has 0 aliphatic heterocycles. The van der Waals surface area contributed by atoms with Crippen molar-refractivity contribution in [2.75, 3.05) is 0 Å². The molecule has 1 N–H and O–H groups in total. The molecule has 1 aromatic carbocycles. The van der Waals surface area contributed by atoms with Gasteiger partial charge in [0, 0.05) is 5.92 Å². The molecular formula is C12H12FNO2S. The molecule has 0 bridgehead atoms. The number of fused-ring (bicyclic) bond motifs is 1. The van der Waals surface area contributed by atoms with E-state index in [1.54, 1.807) is 13.0 Å². The summed E-state index contributed by atoms with van der Waals surface area (Å²) in [7, 11) is 0. The van der Waals surface area contributed by atoms with Crippen LogP contribution in [0.2, 0.25) is 0 Å². The van der Waals surface area contributed by atoms with Crippen molar-refractivity contribution < 1.29 is 14.3 Å². The maximum absolute atomic E-state index is 13.0. The predicted octanol–water partition coefficient (Wildman–Crippen LogP) is 3.26. The lowest BCUT2D eigenvalue weighted by molar-refractivity contribution is -0.141. The minimum absolute atomic E-state index is 0.173. The Morgan fingerprint density at radius 1 is 1.47 bits per heavy atom. The van der Waals surface area contributed by atoms with Gasteiger partial charge in [-0.1, -0.05) is 13.8 Å². The van der Waals surface area contributed by atoms with Crippen LogP contribution in [-0.4, -0.2) is 16.1 Å². The fourth-order valence-electron chi connectivity index (χ4n) is 1.54. The second kappa shape index (κ2) is 4.41. The van der Waals surface area contributed by atoms with Crippen LogP contribution in [0.3, 0.4) is 0 Å². The van der Waals surface area contributed by atoms with Crippen LogP contribution < -0.4 is 0 Å². The normalized spacial score (nSPS) is 14.8. The van der Waals surface area contributed by atoms with Gasteiger partial charge in [-0.05, 0) is 18.2 Å². The number of nitrogens with zero attached hydrogens (tertiary/aromatic N) is 1. The molecule has 1 heterocycles. The standard InChI is InChI=1S/C12H12FNO2S/c1-6(7(2)12(15)16)11-14-9-4-3-8(13)5-10(9)17-11/h3-7H,1-2H3,(H,15,16). The van der Waals surface area contributed by atoms with Gasteiger partial charge in [0.1, 0.15) is 5.82 Å². The first-order valence-electron chi connectivity index (χ1n) is 5.28. The summed E-state index contributed by atoms with van der Waals surface area (Å²) in [6, 6.07) is 4.40. The Morgan fingerprint density at radius 2 is 2.18 bits per heavy atom. The molecule has 1 aromatic heterocycles. The zero-order chi connectivity index (χ0) is 12.6. The molecule has 17 heavy (non-hydrogen) atoms. The summed E-state index contributed by atoms with van der Waals surface area (Å²) in [5.74, 6) is -1.82. The van der Waals surface area contributed by atoms with Crippen LogP contribution in [0.25, 0.3) is 10.2 Å². The first-order valence-corrected chi connectivity index (χ1v) is 6.09. The van der Waals surface area contributed by atoms with Crippen molar-refractivity contribution in [1.82, 2.24) is 4.98 Å². The third-order valence-corrected chi connectivity index (χ3v) is 4.12. The lowest BCUT2D eigenvalue weighted by Crippen LogP contribution is -2.16. The van der Waals surface area contributed by atoms with Gasteiger partial charge in [0.25, 0.3) is 0 Å². The average Bonchev–Trinajstić information content (AvgIpc) is 2.69.